The minimum atomic E-state index is -0.837. The van der Waals surface area contributed by atoms with Crippen LogP contribution in [0.25, 0.3) is 0 Å². The number of aliphatic hydroxyl groups is 1. The number of allylic oxidation sites excluding steroid dienone is 2. The molecule has 0 aromatic rings. The Bertz CT molecular complexity index is 1020. The van der Waals surface area contributed by atoms with Crippen LogP contribution in [0.5, 0.6) is 0 Å². The zero-order valence-electron chi connectivity index (χ0n) is 25.7. The van der Waals surface area contributed by atoms with Crippen molar-refractivity contribution in [3.63, 3.8) is 0 Å². The lowest BCUT2D eigenvalue weighted by atomic mass is 9.34. The lowest BCUT2D eigenvalue weighted by Crippen LogP contribution is -2.63. The van der Waals surface area contributed by atoms with E-state index < -0.39 is 17.1 Å². The summed E-state index contributed by atoms with van der Waals surface area (Å²) < 4.78 is 11.8. The minimum absolute atomic E-state index is 0.0229. The average Bonchev–Trinajstić information content (AvgIpc) is 2.97. The van der Waals surface area contributed by atoms with E-state index in [1.165, 1.54) is 5.57 Å². The Morgan fingerprint density at radius 3 is 2.46 bits per heavy atom. The van der Waals surface area contributed by atoms with Gasteiger partial charge in [0.15, 0.2) is 6.29 Å². The number of aldehydes is 1. The van der Waals surface area contributed by atoms with E-state index in [2.05, 4.69) is 47.6 Å². The largest absolute Gasteiger partial charge is 0.465 e. The number of fused-ring (bicyclic) bond motifs is 7. The molecule has 0 amide bonds. The number of esters is 1. The van der Waals surface area contributed by atoms with Gasteiger partial charge in [0.2, 0.25) is 0 Å². The second kappa shape index (κ2) is 9.68. The van der Waals surface area contributed by atoms with Crippen LogP contribution in [-0.2, 0) is 19.1 Å². The lowest BCUT2D eigenvalue weighted by Gasteiger charge is -2.69. The number of unbranched alkanes of at least 4 members (excludes halogenated alkanes) is 1. The number of carbonyl (C=O) groups is 2. The molecule has 0 aromatic carbocycles. The number of hydrogen-bond donors (Lipinski definition) is 1. The third-order valence-corrected chi connectivity index (χ3v) is 13.3. The van der Waals surface area contributed by atoms with Crippen LogP contribution in [0.4, 0.5) is 0 Å². The van der Waals surface area contributed by atoms with Gasteiger partial charge < -0.3 is 19.4 Å². The van der Waals surface area contributed by atoms with Gasteiger partial charge in [-0.05, 0) is 97.2 Å². The zero-order valence-corrected chi connectivity index (χ0v) is 25.7. The number of hydrogen-bond acceptors (Lipinski definition) is 5. The maximum Gasteiger partial charge on any atom is 0.312 e. The molecular formula is C34H54O5. The molecule has 5 aliphatic rings. The standard InChI is InChI=1S/C34H54O5/c1-8-9-18-38-28(37)34-16-14-29(2,3)19-24(34)23-10-11-26-31(5)20-27(36)39-22-30(4,21-35)25(31)12-13-33(26,7)32(23,6)15-17-34/h10,21,24-27,36H,8-9,11-20,22H2,1-7H3/t24-,25-,26+,27-,30-,31-,32+,33+,34-/m0/s1. The van der Waals surface area contributed by atoms with Gasteiger partial charge in [-0.15, -0.1) is 0 Å². The van der Waals surface area contributed by atoms with Crippen LogP contribution in [0.1, 0.15) is 119 Å². The predicted octanol–water partition coefficient (Wildman–Crippen LogP) is 7.26. The molecule has 220 valence electrons. The lowest BCUT2D eigenvalue weighted by molar-refractivity contribution is -0.185. The zero-order chi connectivity index (χ0) is 28.5. The Balaban J connectivity index is 1.57. The molecule has 1 N–H and O–H groups in total. The van der Waals surface area contributed by atoms with E-state index in [9.17, 15) is 14.7 Å². The van der Waals surface area contributed by atoms with Crippen molar-refractivity contribution in [3.05, 3.63) is 11.6 Å². The quantitative estimate of drug-likeness (QED) is 0.171. The van der Waals surface area contributed by atoms with Crippen LogP contribution >= 0.6 is 0 Å². The second-order valence-electron chi connectivity index (χ2n) is 16.0. The van der Waals surface area contributed by atoms with Crippen LogP contribution in [0.2, 0.25) is 0 Å². The van der Waals surface area contributed by atoms with Gasteiger partial charge in [0.1, 0.15) is 6.29 Å². The highest BCUT2D eigenvalue weighted by Crippen LogP contribution is 2.75. The van der Waals surface area contributed by atoms with Gasteiger partial charge in [0, 0.05) is 11.8 Å². The summed E-state index contributed by atoms with van der Waals surface area (Å²) in [4.78, 5) is 26.3. The van der Waals surface area contributed by atoms with Crippen molar-refractivity contribution in [1.29, 1.82) is 0 Å². The molecule has 1 saturated heterocycles. The molecule has 9 atom stereocenters. The molecule has 1 heterocycles. The summed E-state index contributed by atoms with van der Waals surface area (Å²) in [6.45, 7) is 17.1. The maximum absolute atomic E-state index is 13.9. The topological polar surface area (TPSA) is 72.8 Å². The highest BCUT2D eigenvalue weighted by molar-refractivity contribution is 5.78. The smallest absolute Gasteiger partial charge is 0.312 e. The molecule has 5 rings (SSSR count). The summed E-state index contributed by atoms with van der Waals surface area (Å²) >= 11 is 0. The molecule has 0 spiro atoms. The number of carbonyl (C=O) groups excluding carboxylic acids is 2. The molecule has 5 nitrogen and oxygen atoms in total. The predicted molar refractivity (Wildman–Crippen MR) is 153 cm³/mol. The molecule has 4 aliphatic carbocycles. The van der Waals surface area contributed by atoms with Crippen LogP contribution in [0.15, 0.2) is 11.6 Å². The first kappa shape index (κ1) is 29.3. The van der Waals surface area contributed by atoms with E-state index >= 15 is 0 Å². The van der Waals surface area contributed by atoms with Crippen LogP contribution in [0, 0.1) is 50.2 Å². The highest BCUT2D eigenvalue weighted by Gasteiger charge is 2.69. The molecular weight excluding hydrogens is 488 g/mol. The van der Waals surface area contributed by atoms with Gasteiger partial charge in [-0.25, -0.2) is 0 Å². The Hall–Kier alpha value is -1.20. The third kappa shape index (κ3) is 4.22. The van der Waals surface area contributed by atoms with E-state index in [0.29, 0.717) is 25.6 Å². The molecule has 4 fully saturated rings. The monoisotopic (exact) mass is 542 g/mol. The van der Waals surface area contributed by atoms with Gasteiger partial charge in [0.05, 0.1) is 18.6 Å². The Morgan fingerprint density at radius 1 is 1.05 bits per heavy atom. The fourth-order valence-electron chi connectivity index (χ4n) is 10.7. The molecule has 0 aromatic heterocycles. The molecule has 0 unspecified atom stereocenters. The van der Waals surface area contributed by atoms with Crippen molar-refractivity contribution in [2.24, 2.45) is 50.2 Å². The highest BCUT2D eigenvalue weighted by atomic mass is 16.6. The van der Waals surface area contributed by atoms with E-state index in [4.69, 9.17) is 9.47 Å². The van der Waals surface area contributed by atoms with Crippen molar-refractivity contribution in [1.82, 2.24) is 0 Å². The molecule has 3 saturated carbocycles. The Kier molecular flexibility index (Phi) is 7.27. The summed E-state index contributed by atoms with van der Waals surface area (Å²) in [6, 6.07) is 0. The second-order valence-corrected chi connectivity index (χ2v) is 16.0. The summed E-state index contributed by atoms with van der Waals surface area (Å²) in [6.07, 6.45) is 13.2. The van der Waals surface area contributed by atoms with Crippen LogP contribution in [0.3, 0.4) is 0 Å². The van der Waals surface area contributed by atoms with Crippen molar-refractivity contribution in [2.75, 3.05) is 13.2 Å². The van der Waals surface area contributed by atoms with E-state index in [-0.39, 0.29) is 39.5 Å². The fourth-order valence-corrected chi connectivity index (χ4v) is 10.7. The van der Waals surface area contributed by atoms with E-state index in [0.717, 1.165) is 70.5 Å². The molecule has 0 radical (unpaired) electrons. The maximum atomic E-state index is 13.9. The van der Waals surface area contributed by atoms with E-state index in [1.807, 2.05) is 6.92 Å². The van der Waals surface area contributed by atoms with Gasteiger partial charge in [0.25, 0.3) is 0 Å². The van der Waals surface area contributed by atoms with Crippen LogP contribution in [-0.4, -0.2) is 36.9 Å². The molecule has 0 bridgehead atoms. The first-order chi connectivity index (χ1) is 18.2. The van der Waals surface area contributed by atoms with Gasteiger partial charge in [-0.2, -0.15) is 0 Å². The van der Waals surface area contributed by atoms with Gasteiger partial charge in [-0.3, -0.25) is 4.79 Å². The summed E-state index contributed by atoms with van der Waals surface area (Å²) in [5.74, 6) is 0.795. The molecule has 39 heavy (non-hydrogen) atoms. The van der Waals surface area contributed by atoms with Crippen molar-refractivity contribution in [3.8, 4) is 0 Å². The normalized spacial score (nSPS) is 48.8. The first-order valence-corrected chi connectivity index (χ1v) is 15.9. The van der Waals surface area contributed by atoms with Crippen molar-refractivity contribution >= 4 is 12.3 Å². The third-order valence-electron chi connectivity index (χ3n) is 13.3. The van der Waals surface area contributed by atoms with Crippen LogP contribution < -0.4 is 0 Å². The Labute approximate surface area is 236 Å². The number of ether oxygens (including phenoxy) is 2. The van der Waals surface area contributed by atoms with Gasteiger partial charge >= 0.3 is 5.97 Å². The minimum Gasteiger partial charge on any atom is -0.465 e. The number of rotatable bonds is 5. The SMILES string of the molecule is CCCCOC(=O)[C@]12CCC(C)(C)C[C@H]1C1=CC[C@@H]3[C@@]4(C)C[C@@H](O)OC[C@](C)(C=O)[C@@H]4CC[C@@]3(C)[C@]1(C)CC2. The summed E-state index contributed by atoms with van der Waals surface area (Å²) in [5, 5.41) is 10.9. The van der Waals surface area contributed by atoms with Crippen molar-refractivity contribution < 1.29 is 24.2 Å². The fraction of sp³-hybridized carbons (Fsp3) is 0.882. The van der Waals surface area contributed by atoms with Gasteiger partial charge in [-0.1, -0.05) is 66.5 Å². The Morgan fingerprint density at radius 2 is 1.77 bits per heavy atom. The van der Waals surface area contributed by atoms with E-state index in [1.54, 1.807) is 0 Å². The average molecular weight is 543 g/mol. The number of aliphatic hydroxyl groups excluding tert-OH is 1. The molecule has 1 aliphatic heterocycles. The first-order valence-electron chi connectivity index (χ1n) is 15.9. The summed E-state index contributed by atoms with van der Waals surface area (Å²) in [7, 11) is 0. The molecule has 5 heteroatoms. The van der Waals surface area contributed by atoms with Crippen molar-refractivity contribution in [2.45, 2.75) is 125 Å². The summed E-state index contributed by atoms with van der Waals surface area (Å²) in [5.41, 5.74) is 0.520.